The van der Waals surface area contributed by atoms with Crippen LogP contribution in [0.15, 0.2) is 30.3 Å². The summed E-state index contributed by atoms with van der Waals surface area (Å²) in [6, 6.07) is 10.9. The van der Waals surface area contributed by atoms with Gasteiger partial charge in [-0.2, -0.15) is 0 Å². The van der Waals surface area contributed by atoms with E-state index < -0.39 is 0 Å². The highest BCUT2D eigenvalue weighted by molar-refractivity contribution is 5.82. The van der Waals surface area contributed by atoms with Crippen molar-refractivity contribution < 1.29 is 4.79 Å². The number of benzene rings is 1. The van der Waals surface area contributed by atoms with Crippen molar-refractivity contribution in [3.8, 4) is 0 Å². The van der Waals surface area contributed by atoms with Crippen LogP contribution >= 0.6 is 0 Å². The molecule has 0 radical (unpaired) electrons. The molecule has 0 aromatic heterocycles. The van der Waals surface area contributed by atoms with Gasteiger partial charge in [0.15, 0.2) is 0 Å². The molecule has 0 aliphatic carbocycles. The Labute approximate surface area is 139 Å². The van der Waals surface area contributed by atoms with E-state index in [0.29, 0.717) is 6.04 Å². The standard InChI is InChI=1S/C19H29N3O/c1-2-21-12-6-10-17(15-21)20-19(23)18-11-7-13-22(18)14-16-8-4-3-5-9-16/h3-5,8-9,17-18H,2,6-7,10-15H2,1H3,(H,20,23). The molecule has 1 amide bonds. The van der Waals surface area contributed by atoms with Crippen molar-refractivity contribution in [2.75, 3.05) is 26.2 Å². The Morgan fingerprint density at radius 2 is 1.96 bits per heavy atom. The number of hydrogen-bond donors (Lipinski definition) is 1. The molecule has 23 heavy (non-hydrogen) atoms. The van der Waals surface area contributed by atoms with Crippen molar-refractivity contribution in [3.05, 3.63) is 35.9 Å². The highest BCUT2D eigenvalue weighted by atomic mass is 16.2. The Morgan fingerprint density at radius 1 is 1.17 bits per heavy atom. The van der Waals surface area contributed by atoms with Crippen LogP contribution in [-0.2, 0) is 11.3 Å². The molecule has 3 rings (SSSR count). The summed E-state index contributed by atoms with van der Waals surface area (Å²) in [5.74, 6) is 0.237. The smallest absolute Gasteiger partial charge is 0.237 e. The maximum absolute atomic E-state index is 12.7. The lowest BCUT2D eigenvalue weighted by atomic mass is 10.0. The van der Waals surface area contributed by atoms with Gasteiger partial charge in [0.25, 0.3) is 0 Å². The lowest BCUT2D eigenvalue weighted by molar-refractivity contribution is -0.126. The molecular weight excluding hydrogens is 286 g/mol. The van der Waals surface area contributed by atoms with E-state index >= 15 is 0 Å². The number of likely N-dealkylation sites (tertiary alicyclic amines) is 2. The number of rotatable bonds is 5. The topological polar surface area (TPSA) is 35.6 Å². The molecule has 0 saturated carbocycles. The number of amides is 1. The third-order valence-corrected chi connectivity index (χ3v) is 5.19. The van der Waals surface area contributed by atoms with Crippen molar-refractivity contribution in [1.29, 1.82) is 0 Å². The van der Waals surface area contributed by atoms with E-state index in [2.05, 4.69) is 46.3 Å². The zero-order valence-electron chi connectivity index (χ0n) is 14.2. The van der Waals surface area contributed by atoms with Gasteiger partial charge in [-0.25, -0.2) is 0 Å². The molecule has 2 aliphatic heterocycles. The number of piperidine rings is 1. The summed E-state index contributed by atoms with van der Waals surface area (Å²) >= 11 is 0. The monoisotopic (exact) mass is 315 g/mol. The first-order valence-electron chi connectivity index (χ1n) is 9.07. The minimum Gasteiger partial charge on any atom is -0.351 e. The second kappa shape index (κ2) is 7.93. The van der Waals surface area contributed by atoms with Crippen LogP contribution in [-0.4, -0.2) is 54.0 Å². The summed E-state index contributed by atoms with van der Waals surface area (Å²) in [6.07, 6.45) is 4.42. The van der Waals surface area contributed by atoms with Crippen LogP contribution in [0.3, 0.4) is 0 Å². The molecule has 1 aromatic carbocycles. The molecule has 1 aromatic rings. The zero-order chi connectivity index (χ0) is 16.1. The normalized spacial score (nSPS) is 26.3. The molecule has 2 heterocycles. The Kier molecular flexibility index (Phi) is 5.68. The first-order chi connectivity index (χ1) is 11.3. The van der Waals surface area contributed by atoms with Crippen LogP contribution < -0.4 is 5.32 Å². The van der Waals surface area contributed by atoms with E-state index in [1.807, 2.05) is 6.07 Å². The molecule has 0 bridgehead atoms. The Balaban J connectivity index is 1.55. The van der Waals surface area contributed by atoms with Crippen molar-refractivity contribution >= 4 is 5.91 Å². The second-order valence-electron chi connectivity index (χ2n) is 6.86. The predicted molar refractivity (Wildman–Crippen MR) is 93.2 cm³/mol. The van der Waals surface area contributed by atoms with E-state index in [-0.39, 0.29) is 11.9 Å². The van der Waals surface area contributed by atoms with Gasteiger partial charge in [0, 0.05) is 19.1 Å². The van der Waals surface area contributed by atoms with E-state index in [1.165, 1.54) is 18.5 Å². The maximum Gasteiger partial charge on any atom is 0.237 e. The van der Waals surface area contributed by atoms with E-state index in [4.69, 9.17) is 0 Å². The Bertz CT molecular complexity index is 505. The summed E-state index contributed by atoms with van der Waals surface area (Å²) in [4.78, 5) is 17.5. The van der Waals surface area contributed by atoms with Gasteiger partial charge in [-0.3, -0.25) is 9.69 Å². The van der Waals surface area contributed by atoms with Crippen LogP contribution in [0, 0.1) is 0 Å². The number of hydrogen-bond acceptors (Lipinski definition) is 3. The predicted octanol–water partition coefficient (Wildman–Crippen LogP) is 2.25. The van der Waals surface area contributed by atoms with Crippen molar-refractivity contribution in [2.45, 2.75) is 51.2 Å². The van der Waals surface area contributed by atoms with Gasteiger partial charge in [0.1, 0.15) is 0 Å². The quantitative estimate of drug-likeness (QED) is 0.905. The summed E-state index contributed by atoms with van der Waals surface area (Å²) in [6.45, 7) is 7.36. The summed E-state index contributed by atoms with van der Waals surface area (Å²) < 4.78 is 0. The minimum atomic E-state index is 0.0483. The molecule has 0 spiro atoms. The first-order valence-corrected chi connectivity index (χ1v) is 9.07. The number of carbonyl (C=O) groups is 1. The molecule has 2 fully saturated rings. The average molecular weight is 315 g/mol. The molecule has 1 N–H and O–H groups in total. The molecular formula is C19H29N3O. The van der Waals surface area contributed by atoms with Crippen LogP contribution in [0.1, 0.15) is 38.2 Å². The van der Waals surface area contributed by atoms with Crippen LogP contribution in [0.2, 0.25) is 0 Å². The van der Waals surface area contributed by atoms with Gasteiger partial charge in [-0.1, -0.05) is 37.3 Å². The van der Waals surface area contributed by atoms with Crippen molar-refractivity contribution in [1.82, 2.24) is 15.1 Å². The summed E-state index contributed by atoms with van der Waals surface area (Å²) in [7, 11) is 0. The third kappa shape index (κ3) is 4.33. The molecule has 4 nitrogen and oxygen atoms in total. The van der Waals surface area contributed by atoms with Crippen LogP contribution in [0.5, 0.6) is 0 Å². The highest BCUT2D eigenvalue weighted by Crippen LogP contribution is 2.21. The van der Waals surface area contributed by atoms with Gasteiger partial charge in [-0.05, 0) is 50.9 Å². The molecule has 2 unspecified atom stereocenters. The molecule has 126 valence electrons. The van der Waals surface area contributed by atoms with Gasteiger partial charge in [0.05, 0.1) is 6.04 Å². The fourth-order valence-corrected chi connectivity index (χ4v) is 3.89. The third-order valence-electron chi connectivity index (χ3n) is 5.19. The number of nitrogens with one attached hydrogen (secondary N) is 1. The number of likely N-dealkylation sites (N-methyl/N-ethyl adjacent to an activating group) is 1. The van der Waals surface area contributed by atoms with E-state index in [0.717, 1.165) is 45.4 Å². The SMILES string of the molecule is CCN1CCCC(NC(=O)C2CCCN2Cc2ccccc2)C1. The Hall–Kier alpha value is -1.39. The molecule has 4 heteroatoms. The molecule has 2 saturated heterocycles. The fourth-order valence-electron chi connectivity index (χ4n) is 3.89. The average Bonchev–Trinajstić information content (AvgIpc) is 3.04. The van der Waals surface area contributed by atoms with Crippen LogP contribution in [0.25, 0.3) is 0 Å². The summed E-state index contributed by atoms with van der Waals surface area (Å²) in [5.41, 5.74) is 1.29. The van der Waals surface area contributed by atoms with Gasteiger partial charge in [-0.15, -0.1) is 0 Å². The van der Waals surface area contributed by atoms with Gasteiger partial charge < -0.3 is 10.2 Å². The number of carbonyl (C=O) groups excluding carboxylic acids is 1. The minimum absolute atomic E-state index is 0.0483. The van der Waals surface area contributed by atoms with Gasteiger partial charge in [0.2, 0.25) is 5.91 Å². The number of nitrogens with zero attached hydrogens (tertiary/aromatic N) is 2. The second-order valence-corrected chi connectivity index (χ2v) is 6.86. The maximum atomic E-state index is 12.7. The van der Waals surface area contributed by atoms with Crippen LogP contribution in [0.4, 0.5) is 0 Å². The van der Waals surface area contributed by atoms with Crippen molar-refractivity contribution in [3.63, 3.8) is 0 Å². The highest BCUT2D eigenvalue weighted by Gasteiger charge is 2.32. The fraction of sp³-hybridized carbons (Fsp3) is 0.632. The first kappa shape index (κ1) is 16.5. The van der Waals surface area contributed by atoms with E-state index in [9.17, 15) is 4.79 Å². The largest absolute Gasteiger partial charge is 0.351 e. The molecule has 2 atom stereocenters. The van der Waals surface area contributed by atoms with E-state index in [1.54, 1.807) is 0 Å². The zero-order valence-corrected chi connectivity index (χ0v) is 14.2. The molecule has 2 aliphatic rings. The summed E-state index contributed by atoms with van der Waals surface area (Å²) in [5, 5.41) is 3.32. The lowest BCUT2D eigenvalue weighted by Crippen LogP contribution is -2.52. The lowest BCUT2D eigenvalue weighted by Gasteiger charge is -2.33. The Morgan fingerprint density at radius 3 is 2.74 bits per heavy atom. The van der Waals surface area contributed by atoms with Gasteiger partial charge >= 0.3 is 0 Å². The van der Waals surface area contributed by atoms with Crippen molar-refractivity contribution in [2.24, 2.45) is 0 Å².